The van der Waals surface area contributed by atoms with E-state index in [0.29, 0.717) is 5.69 Å². The Morgan fingerprint density at radius 2 is 1.81 bits per heavy atom. The number of likely N-dealkylation sites (N-methyl/N-ethyl adjacent to an activating group) is 1. The first-order chi connectivity index (χ1) is 12.7. The van der Waals surface area contributed by atoms with Crippen molar-refractivity contribution in [3.63, 3.8) is 0 Å². The van der Waals surface area contributed by atoms with E-state index in [1.54, 1.807) is 25.1 Å². The van der Waals surface area contributed by atoms with Crippen LogP contribution in [0.3, 0.4) is 0 Å². The molecule has 0 fully saturated rings. The molecular formula is C20H17F3N2O2. The molecule has 0 unspecified atom stereocenters. The number of anilines is 1. The van der Waals surface area contributed by atoms with Crippen molar-refractivity contribution < 1.29 is 22.8 Å². The van der Waals surface area contributed by atoms with Gasteiger partial charge in [-0.2, -0.15) is 13.2 Å². The van der Waals surface area contributed by atoms with Crippen LogP contribution in [-0.4, -0.2) is 30.3 Å². The van der Waals surface area contributed by atoms with E-state index < -0.39 is 23.6 Å². The number of rotatable bonds is 3. The monoisotopic (exact) mass is 374 g/mol. The van der Waals surface area contributed by atoms with E-state index in [2.05, 4.69) is 5.32 Å². The quantitative estimate of drug-likeness (QED) is 0.829. The van der Waals surface area contributed by atoms with Gasteiger partial charge in [-0.25, -0.2) is 0 Å². The minimum atomic E-state index is -4.51. The van der Waals surface area contributed by atoms with Crippen LogP contribution < -0.4 is 5.32 Å². The van der Waals surface area contributed by atoms with Gasteiger partial charge in [-0.1, -0.05) is 30.3 Å². The highest BCUT2D eigenvalue weighted by Crippen LogP contribution is 2.34. The molecular weight excluding hydrogens is 357 g/mol. The highest BCUT2D eigenvalue weighted by molar-refractivity contribution is 6.29. The molecule has 27 heavy (non-hydrogen) atoms. The number of hydrogen-bond donors (Lipinski definition) is 1. The highest BCUT2D eigenvalue weighted by Gasteiger charge is 2.35. The van der Waals surface area contributed by atoms with Gasteiger partial charge >= 0.3 is 6.18 Å². The number of nitrogens with one attached hydrogen (secondary N) is 1. The molecule has 0 radical (unpaired) electrons. The summed E-state index contributed by atoms with van der Waals surface area (Å²) in [5, 5.41) is 2.68. The zero-order valence-corrected chi connectivity index (χ0v) is 14.7. The zero-order valence-electron chi connectivity index (χ0n) is 14.7. The maximum absolute atomic E-state index is 13.0. The largest absolute Gasteiger partial charge is 0.416 e. The van der Waals surface area contributed by atoms with Crippen molar-refractivity contribution in [3.8, 4) is 0 Å². The summed E-state index contributed by atoms with van der Waals surface area (Å²) in [5.41, 5.74) is 0.872. The van der Waals surface area contributed by atoms with Crippen molar-refractivity contribution in [1.82, 2.24) is 4.90 Å². The van der Waals surface area contributed by atoms with Crippen LogP contribution in [0.25, 0.3) is 5.57 Å². The van der Waals surface area contributed by atoms with E-state index in [9.17, 15) is 22.8 Å². The Bertz CT molecular complexity index is 948. The second kappa shape index (κ2) is 6.90. The molecule has 0 saturated heterocycles. The lowest BCUT2D eigenvalue weighted by Gasteiger charge is -2.11. The second-order valence-electron chi connectivity index (χ2n) is 6.36. The molecule has 3 rings (SSSR count). The van der Waals surface area contributed by atoms with Crippen molar-refractivity contribution in [3.05, 3.63) is 70.8 Å². The second-order valence-corrected chi connectivity index (χ2v) is 6.36. The van der Waals surface area contributed by atoms with Crippen LogP contribution in [0.2, 0.25) is 0 Å². The van der Waals surface area contributed by atoms with Gasteiger partial charge in [0.15, 0.2) is 0 Å². The maximum atomic E-state index is 13.0. The number of carbonyl (C=O) groups is 2. The SMILES string of the molecule is Cc1ccccc1NC(=O)C1=C(c2cccc(C(F)(F)F)c2)CN(C)C1=O. The summed E-state index contributed by atoms with van der Waals surface area (Å²) in [5.74, 6) is -1.15. The lowest BCUT2D eigenvalue weighted by molar-refractivity contribution is -0.137. The van der Waals surface area contributed by atoms with Crippen LogP contribution >= 0.6 is 0 Å². The fourth-order valence-electron chi connectivity index (χ4n) is 2.96. The summed E-state index contributed by atoms with van der Waals surface area (Å²) >= 11 is 0. The van der Waals surface area contributed by atoms with Crippen molar-refractivity contribution >= 4 is 23.1 Å². The predicted molar refractivity (Wildman–Crippen MR) is 95.8 cm³/mol. The molecule has 0 saturated carbocycles. The average Bonchev–Trinajstić information content (AvgIpc) is 2.91. The third kappa shape index (κ3) is 3.72. The number of nitrogens with zero attached hydrogens (tertiary/aromatic N) is 1. The van der Waals surface area contributed by atoms with E-state index in [1.807, 2.05) is 6.07 Å². The van der Waals surface area contributed by atoms with Gasteiger partial charge in [0.05, 0.1) is 5.56 Å². The molecule has 2 aromatic rings. The van der Waals surface area contributed by atoms with Gasteiger partial charge in [0.25, 0.3) is 11.8 Å². The predicted octanol–water partition coefficient (Wildman–Crippen LogP) is 3.88. The molecule has 0 bridgehead atoms. The van der Waals surface area contributed by atoms with Gasteiger partial charge in [0.1, 0.15) is 5.57 Å². The van der Waals surface area contributed by atoms with Gasteiger partial charge in [0, 0.05) is 19.3 Å². The number of carbonyl (C=O) groups excluding carboxylic acids is 2. The summed E-state index contributed by atoms with van der Waals surface area (Å²) in [6.07, 6.45) is -4.51. The Morgan fingerprint density at radius 1 is 1.11 bits per heavy atom. The molecule has 1 heterocycles. The summed E-state index contributed by atoms with van der Waals surface area (Å²) in [4.78, 5) is 26.5. The Labute approximate surface area is 154 Å². The smallest absolute Gasteiger partial charge is 0.337 e. The number of para-hydroxylation sites is 1. The zero-order chi connectivity index (χ0) is 19.8. The molecule has 7 heteroatoms. The van der Waals surface area contributed by atoms with Gasteiger partial charge in [-0.3, -0.25) is 9.59 Å². The Balaban J connectivity index is 2.03. The molecule has 0 aliphatic carbocycles. The molecule has 1 N–H and O–H groups in total. The van der Waals surface area contributed by atoms with Crippen LogP contribution in [-0.2, 0) is 15.8 Å². The maximum Gasteiger partial charge on any atom is 0.416 e. The van der Waals surface area contributed by atoms with Crippen LogP contribution in [0, 0.1) is 6.92 Å². The standard InChI is InChI=1S/C20H17F3N2O2/c1-12-6-3-4-9-16(12)24-18(26)17-15(11-25(2)19(17)27)13-7-5-8-14(10-13)20(21,22)23/h3-10H,11H2,1-2H3,(H,24,26). The third-order valence-corrected chi connectivity index (χ3v) is 4.42. The molecule has 1 aliphatic heterocycles. The fourth-order valence-corrected chi connectivity index (χ4v) is 2.96. The summed E-state index contributed by atoms with van der Waals surface area (Å²) in [7, 11) is 1.50. The normalized spacial score (nSPS) is 14.7. The summed E-state index contributed by atoms with van der Waals surface area (Å²) in [6, 6.07) is 11.7. The topological polar surface area (TPSA) is 49.4 Å². The number of amides is 2. The number of aryl methyl sites for hydroxylation is 1. The van der Waals surface area contributed by atoms with Gasteiger partial charge in [-0.05, 0) is 41.8 Å². The Kier molecular flexibility index (Phi) is 4.78. The van der Waals surface area contributed by atoms with E-state index in [4.69, 9.17) is 0 Å². The number of hydrogen-bond acceptors (Lipinski definition) is 2. The fraction of sp³-hybridized carbons (Fsp3) is 0.200. The first kappa shape index (κ1) is 18.7. The molecule has 0 aromatic heterocycles. The Hall–Kier alpha value is -3.09. The highest BCUT2D eigenvalue weighted by atomic mass is 19.4. The van der Waals surface area contributed by atoms with Gasteiger partial charge < -0.3 is 10.2 Å². The average molecular weight is 374 g/mol. The van der Waals surface area contributed by atoms with Crippen molar-refractivity contribution in [2.45, 2.75) is 13.1 Å². The van der Waals surface area contributed by atoms with Gasteiger partial charge in [0.2, 0.25) is 0 Å². The molecule has 140 valence electrons. The minimum Gasteiger partial charge on any atom is -0.337 e. The number of benzene rings is 2. The first-order valence-electron chi connectivity index (χ1n) is 8.21. The van der Waals surface area contributed by atoms with E-state index in [1.165, 1.54) is 24.1 Å². The molecule has 0 atom stereocenters. The lowest BCUT2D eigenvalue weighted by Crippen LogP contribution is -2.27. The third-order valence-electron chi connectivity index (χ3n) is 4.42. The van der Waals surface area contributed by atoms with Crippen LogP contribution in [0.1, 0.15) is 16.7 Å². The number of alkyl halides is 3. The first-order valence-corrected chi connectivity index (χ1v) is 8.21. The van der Waals surface area contributed by atoms with Gasteiger partial charge in [-0.15, -0.1) is 0 Å². The van der Waals surface area contributed by atoms with Crippen LogP contribution in [0.15, 0.2) is 54.1 Å². The molecule has 0 spiro atoms. The molecule has 1 aliphatic rings. The van der Waals surface area contributed by atoms with E-state index in [-0.39, 0.29) is 23.3 Å². The summed E-state index contributed by atoms with van der Waals surface area (Å²) < 4.78 is 39.1. The van der Waals surface area contributed by atoms with E-state index >= 15 is 0 Å². The van der Waals surface area contributed by atoms with Crippen molar-refractivity contribution in [1.29, 1.82) is 0 Å². The van der Waals surface area contributed by atoms with Crippen molar-refractivity contribution in [2.75, 3.05) is 18.9 Å². The van der Waals surface area contributed by atoms with Crippen LogP contribution in [0.4, 0.5) is 18.9 Å². The summed E-state index contributed by atoms with van der Waals surface area (Å²) in [6.45, 7) is 1.87. The lowest BCUT2D eigenvalue weighted by atomic mass is 9.99. The van der Waals surface area contributed by atoms with E-state index in [0.717, 1.165) is 17.7 Å². The molecule has 2 aromatic carbocycles. The molecule has 2 amide bonds. The Morgan fingerprint density at radius 3 is 2.48 bits per heavy atom. The minimum absolute atomic E-state index is 0.0661. The molecule has 4 nitrogen and oxygen atoms in total. The van der Waals surface area contributed by atoms with Crippen molar-refractivity contribution in [2.24, 2.45) is 0 Å². The van der Waals surface area contributed by atoms with Crippen LogP contribution in [0.5, 0.6) is 0 Å². The number of halogens is 3.